The maximum Gasteiger partial charge on any atom is 0.254 e. The summed E-state index contributed by atoms with van der Waals surface area (Å²) in [4.78, 5) is 14.6. The number of ether oxygens (including phenoxy) is 1. The molecule has 1 aliphatic rings. The van der Waals surface area contributed by atoms with Gasteiger partial charge in [-0.2, -0.15) is 0 Å². The lowest BCUT2D eigenvalue weighted by atomic mass is 9.88. The standard InChI is InChI=1S/C21H24FNO3/c1-2-26-19-8-4-6-16(13-19)21(25)23-10-9-20(24)17(14-23)11-15-5-3-7-18(22)12-15/h3-8,12-13,17,20,24H,2,9-11,14H2,1H3/t17-,20-/m1/s1. The Morgan fingerprint density at radius 2 is 2.08 bits per heavy atom. The fourth-order valence-corrected chi connectivity index (χ4v) is 3.44. The summed E-state index contributed by atoms with van der Waals surface area (Å²) in [6.07, 6.45) is 0.579. The first kappa shape index (κ1) is 18.4. The summed E-state index contributed by atoms with van der Waals surface area (Å²) in [7, 11) is 0. The number of halogens is 1. The number of aliphatic hydroxyl groups excluding tert-OH is 1. The Morgan fingerprint density at radius 1 is 1.27 bits per heavy atom. The third-order valence-corrected chi connectivity index (χ3v) is 4.76. The highest BCUT2D eigenvalue weighted by Crippen LogP contribution is 2.24. The van der Waals surface area contributed by atoms with E-state index in [4.69, 9.17) is 4.74 Å². The summed E-state index contributed by atoms with van der Waals surface area (Å²) in [6, 6.07) is 13.6. The van der Waals surface area contributed by atoms with Crippen LogP contribution in [0.4, 0.5) is 4.39 Å². The van der Waals surface area contributed by atoms with Gasteiger partial charge >= 0.3 is 0 Å². The summed E-state index contributed by atoms with van der Waals surface area (Å²) >= 11 is 0. The number of carbonyl (C=O) groups excluding carboxylic acids is 1. The van der Waals surface area contributed by atoms with Crippen LogP contribution in [-0.2, 0) is 6.42 Å². The monoisotopic (exact) mass is 357 g/mol. The van der Waals surface area contributed by atoms with Crippen LogP contribution in [-0.4, -0.2) is 41.7 Å². The molecule has 1 heterocycles. The van der Waals surface area contributed by atoms with E-state index in [-0.39, 0.29) is 17.6 Å². The van der Waals surface area contributed by atoms with E-state index in [1.165, 1.54) is 12.1 Å². The summed E-state index contributed by atoms with van der Waals surface area (Å²) in [6.45, 7) is 3.41. The first-order valence-electron chi connectivity index (χ1n) is 9.01. The second-order valence-electron chi connectivity index (χ2n) is 6.66. The van der Waals surface area contributed by atoms with E-state index in [2.05, 4.69) is 0 Å². The van der Waals surface area contributed by atoms with Crippen molar-refractivity contribution >= 4 is 5.91 Å². The summed E-state index contributed by atoms with van der Waals surface area (Å²) in [5.41, 5.74) is 1.42. The molecule has 26 heavy (non-hydrogen) atoms. The molecular formula is C21H24FNO3. The zero-order chi connectivity index (χ0) is 18.5. The van der Waals surface area contributed by atoms with Gasteiger partial charge in [-0.3, -0.25) is 4.79 Å². The highest BCUT2D eigenvalue weighted by Gasteiger charge is 2.31. The lowest BCUT2D eigenvalue weighted by Crippen LogP contribution is -2.46. The Bertz CT molecular complexity index is 764. The van der Waals surface area contributed by atoms with Gasteiger partial charge in [-0.05, 0) is 55.7 Å². The van der Waals surface area contributed by atoms with Crippen LogP contribution in [0.1, 0.15) is 29.3 Å². The number of nitrogens with zero attached hydrogens (tertiary/aromatic N) is 1. The van der Waals surface area contributed by atoms with Gasteiger partial charge in [-0.15, -0.1) is 0 Å². The maximum absolute atomic E-state index is 13.4. The van der Waals surface area contributed by atoms with Crippen molar-refractivity contribution in [2.24, 2.45) is 5.92 Å². The highest BCUT2D eigenvalue weighted by molar-refractivity contribution is 5.94. The first-order valence-corrected chi connectivity index (χ1v) is 9.01. The molecule has 4 nitrogen and oxygen atoms in total. The zero-order valence-electron chi connectivity index (χ0n) is 14.9. The van der Waals surface area contributed by atoms with E-state index in [1.54, 1.807) is 29.2 Å². The number of hydrogen-bond acceptors (Lipinski definition) is 3. The van der Waals surface area contributed by atoms with Crippen LogP contribution in [0, 0.1) is 11.7 Å². The summed E-state index contributed by atoms with van der Waals surface area (Å²) in [5, 5.41) is 10.3. The maximum atomic E-state index is 13.4. The van der Waals surface area contributed by atoms with Crippen LogP contribution in [0.3, 0.4) is 0 Å². The molecule has 0 aromatic heterocycles. The molecule has 5 heteroatoms. The van der Waals surface area contributed by atoms with Crippen LogP contribution in [0.2, 0.25) is 0 Å². The molecule has 1 amide bonds. The minimum Gasteiger partial charge on any atom is -0.494 e. The number of hydrogen-bond donors (Lipinski definition) is 1. The molecule has 2 atom stereocenters. The van der Waals surface area contributed by atoms with Crippen LogP contribution in [0.5, 0.6) is 5.75 Å². The van der Waals surface area contributed by atoms with Crippen LogP contribution in [0.15, 0.2) is 48.5 Å². The van der Waals surface area contributed by atoms with Gasteiger partial charge in [0.2, 0.25) is 0 Å². The number of benzene rings is 2. The number of piperidine rings is 1. The molecule has 1 N–H and O–H groups in total. The number of rotatable bonds is 5. The molecule has 0 spiro atoms. The molecule has 0 unspecified atom stereocenters. The highest BCUT2D eigenvalue weighted by atomic mass is 19.1. The van der Waals surface area contributed by atoms with Crippen molar-refractivity contribution in [3.05, 3.63) is 65.5 Å². The molecule has 0 bridgehead atoms. The number of amides is 1. The van der Waals surface area contributed by atoms with Gasteiger partial charge in [0.15, 0.2) is 0 Å². The minimum absolute atomic E-state index is 0.0669. The van der Waals surface area contributed by atoms with Gasteiger partial charge in [0, 0.05) is 24.6 Å². The van der Waals surface area contributed by atoms with Gasteiger partial charge in [0.1, 0.15) is 11.6 Å². The Labute approximate surface area is 153 Å². The Balaban J connectivity index is 1.70. The molecule has 1 fully saturated rings. The van der Waals surface area contributed by atoms with Crippen LogP contribution < -0.4 is 4.74 Å². The first-order chi connectivity index (χ1) is 12.6. The van der Waals surface area contributed by atoms with Gasteiger partial charge in [-0.1, -0.05) is 18.2 Å². The Morgan fingerprint density at radius 3 is 2.85 bits per heavy atom. The normalized spacial score (nSPS) is 20.0. The second kappa shape index (κ2) is 8.32. The average molecular weight is 357 g/mol. The second-order valence-corrected chi connectivity index (χ2v) is 6.66. The summed E-state index contributed by atoms with van der Waals surface area (Å²) in [5.74, 6) is 0.215. The molecular weight excluding hydrogens is 333 g/mol. The molecule has 0 aliphatic carbocycles. The van der Waals surface area contributed by atoms with E-state index in [1.807, 2.05) is 19.1 Å². The molecule has 1 saturated heterocycles. The van der Waals surface area contributed by atoms with Crippen molar-refractivity contribution in [3.8, 4) is 5.75 Å². The zero-order valence-corrected chi connectivity index (χ0v) is 14.9. The predicted octanol–water partition coefficient (Wildman–Crippen LogP) is 3.29. The fourth-order valence-electron chi connectivity index (χ4n) is 3.44. The largest absolute Gasteiger partial charge is 0.494 e. The van der Waals surface area contributed by atoms with Crippen molar-refractivity contribution in [2.45, 2.75) is 25.9 Å². The van der Waals surface area contributed by atoms with Crippen molar-refractivity contribution in [1.82, 2.24) is 4.90 Å². The quantitative estimate of drug-likeness (QED) is 0.893. The van der Waals surface area contributed by atoms with E-state index in [0.717, 1.165) is 5.56 Å². The Hall–Kier alpha value is -2.40. The van der Waals surface area contributed by atoms with Crippen molar-refractivity contribution in [1.29, 1.82) is 0 Å². The topological polar surface area (TPSA) is 49.8 Å². The number of aliphatic hydroxyl groups is 1. The lowest BCUT2D eigenvalue weighted by Gasteiger charge is -2.36. The van der Waals surface area contributed by atoms with E-state index < -0.39 is 6.10 Å². The third kappa shape index (κ3) is 4.41. The van der Waals surface area contributed by atoms with E-state index >= 15 is 0 Å². The molecule has 3 rings (SSSR count). The molecule has 2 aromatic carbocycles. The van der Waals surface area contributed by atoms with Crippen molar-refractivity contribution in [2.75, 3.05) is 19.7 Å². The van der Waals surface area contributed by atoms with E-state index in [0.29, 0.717) is 43.9 Å². The number of carbonyl (C=O) groups is 1. The van der Waals surface area contributed by atoms with Gasteiger partial charge in [-0.25, -0.2) is 4.39 Å². The number of likely N-dealkylation sites (tertiary alicyclic amines) is 1. The molecule has 2 aromatic rings. The molecule has 1 aliphatic heterocycles. The van der Waals surface area contributed by atoms with E-state index in [9.17, 15) is 14.3 Å². The molecule has 0 radical (unpaired) electrons. The smallest absolute Gasteiger partial charge is 0.254 e. The minimum atomic E-state index is -0.489. The summed E-state index contributed by atoms with van der Waals surface area (Å²) < 4.78 is 18.9. The Kier molecular flexibility index (Phi) is 5.89. The third-order valence-electron chi connectivity index (χ3n) is 4.76. The molecule has 138 valence electrons. The van der Waals surface area contributed by atoms with Crippen molar-refractivity contribution in [3.63, 3.8) is 0 Å². The molecule has 0 saturated carbocycles. The lowest BCUT2D eigenvalue weighted by molar-refractivity contribution is 0.0241. The fraction of sp³-hybridized carbons (Fsp3) is 0.381. The average Bonchev–Trinajstić information content (AvgIpc) is 2.63. The van der Waals surface area contributed by atoms with Gasteiger partial charge in [0.25, 0.3) is 5.91 Å². The van der Waals surface area contributed by atoms with Gasteiger partial charge in [0.05, 0.1) is 12.7 Å². The van der Waals surface area contributed by atoms with Gasteiger partial charge < -0.3 is 14.7 Å². The van der Waals surface area contributed by atoms with Crippen molar-refractivity contribution < 1.29 is 19.0 Å². The SMILES string of the molecule is CCOc1cccc(C(=O)N2CC[C@@H](O)[C@H](Cc3cccc(F)c3)C2)c1. The van der Waals surface area contributed by atoms with Crippen LogP contribution >= 0.6 is 0 Å². The van der Waals surface area contributed by atoms with Crippen LogP contribution in [0.25, 0.3) is 0 Å². The predicted molar refractivity (Wildman–Crippen MR) is 97.7 cm³/mol.